The summed E-state index contributed by atoms with van der Waals surface area (Å²) in [4.78, 5) is 4.30. The number of aliphatic hydroxyl groups excluding tert-OH is 1. The molecule has 0 aromatic heterocycles. The highest BCUT2D eigenvalue weighted by Gasteiger charge is 2.14. The molecule has 0 fully saturated rings. The van der Waals surface area contributed by atoms with Crippen molar-refractivity contribution in [2.75, 3.05) is 0 Å². The molecule has 0 aliphatic heterocycles. The van der Waals surface area contributed by atoms with Gasteiger partial charge in [-0.25, -0.2) is 0 Å². The van der Waals surface area contributed by atoms with Crippen LogP contribution < -0.4 is 0 Å². The van der Waals surface area contributed by atoms with Crippen LogP contribution in [0.1, 0.15) is 24.2 Å². The van der Waals surface area contributed by atoms with Gasteiger partial charge in [0.1, 0.15) is 11.9 Å². The number of aromatic hydroxyl groups is 1. The van der Waals surface area contributed by atoms with Crippen molar-refractivity contribution in [1.82, 2.24) is 0 Å². The molecule has 0 heterocycles. The lowest BCUT2D eigenvalue weighted by atomic mass is 10.0. The van der Waals surface area contributed by atoms with E-state index in [1.807, 2.05) is 43.3 Å². The van der Waals surface area contributed by atoms with Gasteiger partial charge in [0.2, 0.25) is 0 Å². The average molecular weight is 255 g/mol. The van der Waals surface area contributed by atoms with Gasteiger partial charge >= 0.3 is 0 Å². The monoisotopic (exact) mass is 255 g/mol. The standard InChI is InChI=1S/C16H17NO2/c1-12(16(19)13-7-3-2-4-8-13)17-11-14-9-5-6-10-15(14)18/h2-12,16,18-19H,1H3. The van der Waals surface area contributed by atoms with Crippen molar-refractivity contribution in [3.63, 3.8) is 0 Å². The Hall–Kier alpha value is -2.13. The summed E-state index contributed by atoms with van der Waals surface area (Å²) in [7, 11) is 0. The third-order valence-corrected chi connectivity index (χ3v) is 2.98. The third kappa shape index (κ3) is 3.42. The molecule has 0 aliphatic carbocycles. The SMILES string of the molecule is CC(N=Cc1ccccc1O)C(O)c1ccccc1. The van der Waals surface area contributed by atoms with Crippen LogP contribution in [0.25, 0.3) is 0 Å². The average Bonchev–Trinajstić information content (AvgIpc) is 2.46. The Morgan fingerprint density at radius 3 is 2.32 bits per heavy atom. The summed E-state index contributed by atoms with van der Waals surface area (Å²) in [6, 6.07) is 16.1. The Bertz CT molecular complexity index is 552. The van der Waals surface area contributed by atoms with E-state index in [0.29, 0.717) is 5.56 Å². The van der Waals surface area contributed by atoms with E-state index in [9.17, 15) is 10.2 Å². The Morgan fingerprint density at radius 1 is 1.00 bits per heavy atom. The van der Waals surface area contributed by atoms with Crippen molar-refractivity contribution in [3.05, 3.63) is 65.7 Å². The fourth-order valence-corrected chi connectivity index (χ4v) is 1.80. The molecule has 98 valence electrons. The van der Waals surface area contributed by atoms with Crippen LogP contribution >= 0.6 is 0 Å². The molecule has 0 saturated carbocycles. The van der Waals surface area contributed by atoms with E-state index in [1.165, 1.54) is 0 Å². The van der Waals surface area contributed by atoms with Crippen molar-refractivity contribution in [2.45, 2.75) is 19.1 Å². The zero-order valence-electron chi connectivity index (χ0n) is 10.8. The predicted molar refractivity (Wildman–Crippen MR) is 76.6 cm³/mol. The molecule has 3 heteroatoms. The summed E-state index contributed by atoms with van der Waals surface area (Å²) in [5.74, 6) is 0.188. The highest BCUT2D eigenvalue weighted by atomic mass is 16.3. The number of phenols is 1. The molecule has 2 rings (SSSR count). The van der Waals surface area contributed by atoms with Gasteiger partial charge < -0.3 is 10.2 Å². The number of nitrogens with zero attached hydrogens (tertiary/aromatic N) is 1. The van der Waals surface area contributed by atoms with Gasteiger partial charge in [-0.3, -0.25) is 4.99 Å². The molecule has 2 N–H and O–H groups in total. The number of hydrogen-bond donors (Lipinski definition) is 2. The molecule has 0 radical (unpaired) electrons. The van der Waals surface area contributed by atoms with E-state index in [2.05, 4.69) is 4.99 Å². The number of aliphatic imine (C=N–C) groups is 1. The number of benzene rings is 2. The Morgan fingerprint density at radius 2 is 1.63 bits per heavy atom. The fraction of sp³-hybridized carbons (Fsp3) is 0.188. The van der Waals surface area contributed by atoms with Crippen LogP contribution in [0.2, 0.25) is 0 Å². The van der Waals surface area contributed by atoms with Gasteiger partial charge in [-0.1, -0.05) is 42.5 Å². The number of phenolic OH excluding ortho intramolecular Hbond substituents is 1. The predicted octanol–water partition coefficient (Wildman–Crippen LogP) is 2.93. The zero-order chi connectivity index (χ0) is 13.7. The molecule has 2 atom stereocenters. The van der Waals surface area contributed by atoms with Gasteiger partial charge in [0.15, 0.2) is 0 Å². The van der Waals surface area contributed by atoms with Gasteiger partial charge in [0, 0.05) is 11.8 Å². The smallest absolute Gasteiger partial charge is 0.124 e. The van der Waals surface area contributed by atoms with Gasteiger partial charge in [-0.05, 0) is 24.6 Å². The first-order valence-corrected chi connectivity index (χ1v) is 6.22. The largest absolute Gasteiger partial charge is 0.507 e. The Kier molecular flexibility index (Phi) is 4.31. The summed E-state index contributed by atoms with van der Waals surface area (Å²) >= 11 is 0. The van der Waals surface area contributed by atoms with Crippen molar-refractivity contribution in [1.29, 1.82) is 0 Å². The summed E-state index contributed by atoms with van der Waals surface area (Å²) in [5, 5.41) is 19.8. The van der Waals surface area contributed by atoms with E-state index >= 15 is 0 Å². The molecule has 0 amide bonds. The second kappa shape index (κ2) is 6.16. The van der Waals surface area contributed by atoms with Crippen molar-refractivity contribution in [2.24, 2.45) is 4.99 Å². The number of aliphatic hydroxyl groups is 1. The molecule has 2 unspecified atom stereocenters. The van der Waals surface area contributed by atoms with Gasteiger partial charge in [0.25, 0.3) is 0 Å². The first-order valence-electron chi connectivity index (χ1n) is 6.22. The molecular weight excluding hydrogens is 238 g/mol. The summed E-state index contributed by atoms with van der Waals surface area (Å²) in [6.07, 6.45) is 0.940. The molecule has 0 saturated heterocycles. The lowest BCUT2D eigenvalue weighted by Gasteiger charge is -2.15. The van der Waals surface area contributed by atoms with E-state index < -0.39 is 6.10 Å². The van der Waals surface area contributed by atoms with Crippen molar-refractivity contribution >= 4 is 6.21 Å². The van der Waals surface area contributed by atoms with Crippen LogP contribution in [-0.4, -0.2) is 22.5 Å². The highest BCUT2D eigenvalue weighted by molar-refractivity contribution is 5.83. The molecule has 2 aromatic carbocycles. The van der Waals surface area contributed by atoms with E-state index in [-0.39, 0.29) is 11.8 Å². The molecular formula is C16H17NO2. The fourth-order valence-electron chi connectivity index (χ4n) is 1.80. The lowest BCUT2D eigenvalue weighted by Crippen LogP contribution is -2.12. The van der Waals surface area contributed by atoms with Gasteiger partial charge in [-0.2, -0.15) is 0 Å². The van der Waals surface area contributed by atoms with Gasteiger partial charge in [0.05, 0.1) is 6.04 Å². The maximum Gasteiger partial charge on any atom is 0.124 e. The third-order valence-electron chi connectivity index (χ3n) is 2.98. The van der Waals surface area contributed by atoms with Crippen LogP contribution in [0.5, 0.6) is 5.75 Å². The molecule has 3 nitrogen and oxygen atoms in total. The van der Waals surface area contributed by atoms with Gasteiger partial charge in [-0.15, -0.1) is 0 Å². The van der Waals surface area contributed by atoms with Crippen molar-refractivity contribution in [3.8, 4) is 5.75 Å². The Balaban J connectivity index is 2.09. The van der Waals surface area contributed by atoms with E-state index in [1.54, 1.807) is 24.4 Å². The minimum atomic E-state index is -0.650. The molecule has 0 spiro atoms. The summed E-state index contributed by atoms with van der Waals surface area (Å²) in [6.45, 7) is 1.84. The molecule has 0 aliphatic rings. The van der Waals surface area contributed by atoms with Crippen LogP contribution in [-0.2, 0) is 0 Å². The van der Waals surface area contributed by atoms with Crippen LogP contribution in [0.4, 0.5) is 0 Å². The second-order valence-corrected chi connectivity index (χ2v) is 4.43. The minimum Gasteiger partial charge on any atom is -0.507 e. The topological polar surface area (TPSA) is 52.8 Å². The van der Waals surface area contributed by atoms with Crippen LogP contribution in [0.3, 0.4) is 0 Å². The molecule has 0 bridgehead atoms. The summed E-state index contributed by atoms with van der Waals surface area (Å²) < 4.78 is 0. The van der Waals surface area contributed by atoms with Crippen LogP contribution in [0.15, 0.2) is 59.6 Å². The Labute approximate surface area is 112 Å². The lowest BCUT2D eigenvalue weighted by molar-refractivity contribution is 0.154. The van der Waals surface area contributed by atoms with E-state index in [0.717, 1.165) is 5.56 Å². The maximum atomic E-state index is 10.2. The first kappa shape index (κ1) is 13.3. The highest BCUT2D eigenvalue weighted by Crippen LogP contribution is 2.19. The maximum absolute atomic E-state index is 10.2. The summed E-state index contributed by atoms with van der Waals surface area (Å²) in [5.41, 5.74) is 1.49. The zero-order valence-corrected chi connectivity index (χ0v) is 10.8. The minimum absolute atomic E-state index is 0.188. The van der Waals surface area contributed by atoms with E-state index in [4.69, 9.17) is 0 Å². The second-order valence-electron chi connectivity index (χ2n) is 4.43. The van der Waals surface area contributed by atoms with Crippen LogP contribution in [0, 0.1) is 0 Å². The number of hydrogen-bond acceptors (Lipinski definition) is 3. The quantitative estimate of drug-likeness (QED) is 0.825. The first-order chi connectivity index (χ1) is 9.18. The number of rotatable bonds is 4. The number of para-hydroxylation sites is 1. The van der Waals surface area contributed by atoms with Crippen molar-refractivity contribution < 1.29 is 10.2 Å². The normalized spacial score (nSPS) is 14.4. The molecule has 2 aromatic rings. The molecule has 19 heavy (non-hydrogen) atoms.